The highest BCUT2D eigenvalue weighted by Crippen LogP contribution is 2.20. The van der Waals surface area contributed by atoms with Crippen LogP contribution in [0.1, 0.15) is 12.8 Å². The van der Waals surface area contributed by atoms with E-state index in [0.29, 0.717) is 0 Å². The Hall–Kier alpha value is -2.21. The van der Waals surface area contributed by atoms with Gasteiger partial charge >= 0.3 is 0 Å². The molecule has 19 heavy (non-hydrogen) atoms. The van der Waals surface area contributed by atoms with E-state index < -0.39 is 4.92 Å². The van der Waals surface area contributed by atoms with E-state index in [-0.39, 0.29) is 12.3 Å². The normalized spacial score (nSPS) is 10.6. The third kappa shape index (κ3) is 3.38. The van der Waals surface area contributed by atoms with E-state index in [1.807, 2.05) is 6.07 Å². The fourth-order valence-corrected chi connectivity index (χ4v) is 1.78. The van der Waals surface area contributed by atoms with Crippen LogP contribution < -0.4 is 5.32 Å². The van der Waals surface area contributed by atoms with Gasteiger partial charge in [-0.05, 0) is 31.0 Å². The minimum atomic E-state index is -0.416. The molecule has 0 aliphatic carbocycles. The fourth-order valence-electron chi connectivity index (χ4n) is 1.78. The maximum absolute atomic E-state index is 10.7. The van der Waals surface area contributed by atoms with Crippen LogP contribution in [0.15, 0.2) is 30.3 Å². The molecule has 0 saturated heterocycles. The Labute approximate surface area is 110 Å². The predicted molar refractivity (Wildman–Crippen MR) is 73.2 cm³/mol. The van der Waals surface area contributed by atoms with Crippen LogP contribution >= 0.6 is 0 Å². The van der Waals surface area contributed by atoms with Crippen LogP contribution in [0.5, 0.6) is 0 Å². The first-order chi connectivity index (χ1) is 9.20. The average Bonchev–Trinajstić information content (AvgIpc) is 2.43. The highest BCUT2D eigenvalue weighted by molar-refractivity contribution is 5.82. The van der Waals surface area contributed by atoms with Gasteiger partial charge in [0.2, 0.25) is 0 Å². The quantitative estimate of drug-likeness (QED) is 0.473. The van der Waals surface area contributed by atoms with Crippen molar-refractivity contribution in [1.82, 2.24) is 4.98 Å². The first-order valence-corrected chi connectivity index (χ1v) is 6.10. The lowest BCUT2D eigenvalue weighted by Crippen LogP contribution is -2.04. The van der Waals surface area contributed by atoms with Gasteiger partial charge < -0.3 is 10.4 Å². The number of benzene rings is 1. The zero-order valence-corrected chi connectivity index (χ0v) is 10.4. The summed E-state index contributed by atoms with van der Waals surface area (Å²) in [6.45, 7) is 0.933. The van der Waals surface area contributed by atoms with Crippen molar-refractivity contribution in [2.24, 2.45) is 0 Å². The summed E-state index contributed by atoms with van der Waals surface area (Å²) in [6.07, 6.45) is 1.63. The van der Waals surface area contributed by atoms with Crippen molar-refractivity contribution in [2.75, 3.05) is 18.5 Å². The van der Waals surface area contributed by atoms with Crippen LogP contribution in [0.2, 0.25) is 0 Å². The zero-order valence-electron chi connectivity index (χ0n) is 10.4. The third-order valence-electron chi connectivity index (χ3n) is 2.77. The molecule has 6 heteroatoms. The number of non-ortho nitro benzene ring substituents is 1. The lowest BCUT2D eigenvalue weighted by atomic mass is 10.2. The number of anilines is 1. The van der Waals surface area contributed by atoms with Crippen LogP contribution in [0.3, 0.4) is 0 Å². The van der Waals surface area contributed by atoms with Crippen molar-refractivity contribution in [1.29, 1.82) is 0 Å². The van der Waals surface area contributed by atoms with Gasteiger partial charge in [0.05, 0.1) is 10.4 Å². The number of fused-ring (bicyclic) bond motifs is 1. The minimum Gasteiger partial charge on any atom is -0.396 e. The van der Waals surface area contributed by atoms with Crippen molar-refractivity contribution >= 4 is 22.4 Å². The largest absolute Gasteiger partial charge is 0.396 e. The minimum absolute atomic E-state index is 0.0676. The summed E-state index contributed by atoms with van der Waals surface area (Å²) in [4.78, 5) is 14.6. The van der Waals surface area contributed by atoms with E-state index in [2.05, 4.69) is 10.3 Å². The van der Waals surface area contributed by atoms with Crippen LogP contribution in [-0.2, 0) is 0 Å². The van der Waals surface area contributed by atoms with Gasteiger partial charge in [0.15, 0.2) is 0 Å². The topological polar surface area (TPSA) is 88.3 Å². The molecule has 6 nitrogen and oxygen atoms in total. The van der Waals surface area contributed by atoms with Crippen molar-refractivity contribution in [2.45, 2.75) is 12.8 Å². The number of nitro benzene ring substituents is 1. The first-order valence-electron chi connectivity index (χ1n) is 6.10. The molecule has 0 unspecified atom stereocenters. The number of aliphatic hydroxyl groups excluding tert-OH is 1. The summed E-state index contributed by atoms with van der Waals surface area (Å²) >= 11 is 0. The summed E-state index contributed by atoms with van der Waals surface area (Å²) in [6, 6.07) is 8.21. The summed E-state index contributed by atoms with van der Waals surface area (Å²) < 4.78 is 0. The number of nitrogens with one attached hydrogen (secondary N) is 1. The second kappa shape index (κ2) is 6.10. The van der Waals surface area contributed by atoms with E-state index >= 15 is 0 Å². The first kappa shape index (κ1) is 13.2. The molecule has 0 fully saturated rings. The Bertz CT molecular complexity index is 586. The lowest BCUT2D eigenvalue weighted by Gasteiger charge is -2.06. The molecule has 2 N–H and O–H groups in total. The molecular weight excluding hydrogens is 246 g/mol. The second-order valence-electron chi connectivity index (χ2n) is 4.19. The number of rotatable bonds is 6. The molecule has 100 valence electrons. The van der Waals surface area contributed by atoms with Gasteiger partial charge in [-0.2, -0.15) is 0 Å². The second-order valence-corrected chi connectivity index (χ2v) is 4.19. The molecule has 0 aliphatic heterocycles. The van der Waals surface area contributed by atoms with Gasteiger partial charge in [-0.3, -0.25) is 10.1 Å². The Morgan fingerprint density at radius 2 is 2.11 bits per heavy atom. The van der Waals surface area contributed by atoms with E-state index in [1.54, 1.807) is 12.1 Å². The molecule has 0 radical (unpaired) electrons. The number of unbranched alkanes of at least 4 members (excludes halogenated alkanes) is 1. The molecule has 1 aromatic carbocycles. The maximum Gasteiger partial charge on any atom is 0.270 e. The molecule has 1 heterocycles. The van der Waals surface area contributed by atoms with Gasteiger partial charge in [-0.1, -0.05) is 0 Å². The number of aliphatic hydroxyl groups is 1. The summed E-state index contributed by atoms with van der Waals surface area (Å²) in [5, 5.41) is 23.2. The van der Waals surface area contributed by atoms with Crippen LogP contribution in [0, 0.1) is 10.1 Å². The molecule has 0 aliphatic rings. The molecule has 1 aromatic heterocycles. The molecule has 0 amide bonds. The molecule has 0 spiro atoms. The van der Waals surface area contributed by atoms with Crippen LogP contribution in [0.4, 0.5) is 11.5 Å². The molecule has 0 atom stereocenters. The SMILES string of the molecule is O=[N+]([O-])c1ccc2nc(NCCCCO)ccc2c1. The molecule has 0 bridgehead atoms. The smallest absolute Gasteiger partial charge is 0.270 e. The number of hydrogen-bond donors (Lipinski definition) is 2. The van der Waals surface area contributed by atoms with Gasteiger partial charge in [0, 0.05) is 30.7 Å². The van der Waals surface area contributed by atoms with Gasteiger partial charge in [-0.15, -0.1) is 0 Å². The monoisotopic (exact) mass is 261 g/mol. The predicted octanol–water partition coefficient (Wildman–Crippen LogP) is 2.33. The molecular formula is C13H15N3O3. The number of aromatic nitrogens is 1. The average molecular weight is 261 g/mol. The van der Waals surface area contributed by atoms with E-state index in [4.69, 9.17) is 5.11 Å². The number of nitro groups is 1. The number of nitrogens with zero attached hydrogens (tertiary/aromatic N) is 2. The lowest BCUT2D eigenvalue weighted by molar-refractivity contribution is -0.384. The van der Waals surface area contributed by atoms with Gasteiger partial charge in [0.25, 0.3) is 5.69 Å². The van der Waals surface area contributed by atoms with Crippen molar-refractivity contribution in [3.05, 3.63) is 40.4 Å². The maximum atomic E-state index is 10.7. The Morgan fingerprint density at radius 3 is 2.84 bits per heavy atom. The standard InChI is InChI=1S/C13H15N3O3/c17-8-2-1-7-14-13-6-3-10-9-11(16(18)19)4-5-12(10)15-13/h3-6,9,17H,1-2,7-8H2,(H,14,15). The zero-order chi connectivity index (χ0) is 13.7. The van der Waals surface area contributed by atoms with Gasteiger partial charge in [-0.25, -0.2) is 4.98 Å². The molecule has 2 rings (SSSR count). The fraction of sp³-hybridized carbons (Fsp3) is 0.308. The Morgan fingerprint density at radius 1 is 1.26 bits per heavy atom. The van der Waals surface area contributed by atoms with Gasteiger partial charge in [0.1, 0.15) is 5.82 Å². The highest BCUT2D eigenvalue weighted by Gasteiger charge is 2.06. The van der Waals surface area contributed by atoms with E-state index in [0.717, 1.165) is 36.1 Å². The molecule has 0 saturated carbocycles. The highest BCUT2D eigenvalue weighted by atomic mass is 16.6. The van der Waals surface area contributed by atoms with E-state index in [9.17, 15) is 10.1 Å². The number of pyridine rings is 1. The third-order valence-corrected chi connectivity index (χ3v) is 2.77. The Balaban J connectivity index is 2.12. The van der Waals surface area contributed by atoms with Crippen molar-refractivity contribution < 1.29 is 10.0 Å². The molecule has 2 aromatic rings. The van der Waals surface area contributed by atoms with Crippen molar-refractivity contribution in [3.63, 3.8) is 0 Å². The summed E-state index contributed by atoms with van der Waals surface area (Å²) in [7, 11) is 0. The number of hydrogen-bond acceptors (Lipinski definition) is 5. The van der Waals surface area contributed by atoms with Crippen LogP contribution in [0.25, 0.3) is 10.9 Å². The summed E-state index contributed by atoms with van der Waals surface area (Å²) in [5.41, 5.74) is 0.788. The van der Waals surface area contributed by atoms with Crippen molar-refractivity contribution in [3.8, 4) is 0 Å². The van der Waals surface area contributed by atoms with E-state index in [1.165, 1.54) is 12.1 Å². The summed E-state index contributed by atoms with van der Waals surface area (Å²) in [5.74, 6) is 0.735. The van der Waals surface area contributed by atoms with Crippen LogP contribution in [-0.4, -0.2) is 28.2 Å². The Kier molecular flexibility index (Phi) is 4.25.